The van der Waals surface area contributed by atoms with Gasteiger partial charge in [0.1, 0.15) is 0 Å². The quantitative estimate of drug-likeness (QED) is 0.774. The third-order valence-electron chi connectivity index (χ3n) is 3.98. The Hall–Kier alpha value is -1.08. The van der Waals surface area contributed by atoms with Crippen molar-refractivity contribution in [1.82, 2.24) is 0 Å². The number of aliphatic hydroxyl groups excluding tert-OH is 1. The van der Waals surface area contributed by atoms with E-state index in [1.807, 2.05) is 12.1 Å². The van der Waals surface area contributed by atoms with Crippen molar-refractivity contribution in [3.63, 3.8) is 0 Å². The Morgan fingerprint density at radius 1 is 1.12 bits per heavy atom. The number of hydrogen-bond acceptors (Lipinski definition) is 1. The predicted molar refractivity (Wildman–Crippen MR) is 71.9 cm³/mol. The van der Waals surface area contributed by atoms with E-state index in [-0.39, 0.29) is 6.61 Å². The Morgan fingerprint density at radius 2 is 1.76 bits per heavy atom. The Bertz CT molecular complexity index is 344. The van der Waals surface area contributed by atoms with Crippen LogP contribution in [0.2, 0.25) is 0 Å². The van der Waals surface area contributed by atoms with E-state index in [9.17, 15) is 0 Å². The summed E-state index contributed by atoms with van der Waals surface area (Å²) in [6.07, 6.45) is 8.50. The topological polar surface area (TPSA) is 20.2 Å². The molecular formula is C16H22O. The van der Waals surface area contributed by atoms with Crippen LogP contribution in [0.25, 0.3) is 0 Å². The molecule has 1 aliphatic rings. The fourth-order valence-corrected chi connectivity index (χ4v) is 2.86. The molecule has 0 unspecified atom stereocenters. The first-order valence-electron chi connectivity index (χ1n) is 6.64. The molecule has 0 aromatic heterocycles. The van der Waals surface area contributed by atoms with E-state index in [4.69, 9.17) is 5.11 Å². The summed E-state index contributed by atoms with van der Waals surface area (Å²) in [4.78, 5) is 0. The van der Waals surface area contributed by atoms with Crippen LogP contribution < -0.4 is 0 Å². The summed E-state index contributed by atoms with van der Waals surface area (Å²) in [6.45, 7) is 3.97. The van der Waals surface area contributed by atoms with Crippen LogP contribution >= 0.6 is 0 Å². The number of allylic oxidation sites excluding steroid dienone is 1. The maximum absolute atomic E-state index is 9.02. The second-order valence-corrected chi connectivity index (χ2v) is 5.14. The van der Waals surface area contributed by atoms with Crippen molar-refractivity contribution < 1.29 is 5.11 Å². The van der Waals surface area contributed by atoms with E-state index in [2.05, 4.69) is 24.8 Å². The molecule has 1 nitrogen and oxygen atoms in total. The Balaban J connectivity index is 1.93. The third-order valence-corrected chi connectivity index (χ3v) is 3.98. The zero-order chi connectivity index (χ0) is 12.1. The molecular weight excluding hydrogens is 208 g/mol. The van der Waals surface area contributed by atoms with Crippen molar-refractivity contribution in [2.24, 2.45) is 5.92 Å². The van der Waals surface area contributed by atoms with Gasteiger partial charge in [0, 0.05) is 0 Å². The highest BCUT2D eigenvalue weighted by Crippen LogP contribution is 2.37. The molecule has 0 saturated heterocycles. The second-order valence-electron chi connectivity index (χ2n) is 5.14. The monoisotopic (exact) mass is 230 g/mol. The maximum atomic E-state index is 9.02. The van der Waals surface area contributed by atoms with Gasteiger partial charge in [-0.25, -0.2) is 0 Å². The molecule has 1 saturated carbocycles. The van der Waals surface area contributed by atoms with Crippen molar-refractivity contribution >= 4 is 0 Å². The lowest BCUT2D eigenvalue weighted by Gasteiger charge is -2.28. The molecule has 0 amide bonds. The van der Waals surface area contributed by atoms with Crippen molar-refractivity contribution in [2.45, 2.75) is 44.6 Å². The average Bonchev–Trinajstić information content (AvgIpc) is 2.40. The highest BCUT2D eigenvalue weighted by atomic mass is 16.3. The molecule has 1 heteroatoms. The van der Waals surface area contributed by atoms with E-state index in [1.54, 1.807) is 0 Å². The second kappa shape index (κ2) is 6.02. The third kappa shape index (κ3) is 3.19. The molecule has 0 spiro atoms. The Morgan fingerprint density at radius 3 is 2.29 bits per heavy atom. The lowest BCUT2D eigenvalue weighted by atomic mass is 9.77. The number of rotatable bonds is 4. The first-order valence-corrected chi connectivity index (χ1v) is 6.64. The summed E-state index contributed by atoms with van der Waals surface area (Å²) < 4.78 is 0. The van der Waals surface area contributed by atoms with Gasteiger partial charge in [0.2, 0.25) is 0 Å². The van der Waals surface area contributed by atoms with Gasteiger partial charge in [-0.05, 0) is 55.1 Å². The lowest BCUT2D eigenvalue weighted by Crippen LogP contribution is -2.12. The number of aliphatic hydroxyl groups is 1. The molecule has 17 heavy (non-hydrogen) atoms. The normalized spacial score (nSPS) is 24.5. The summed E-state index contributed by atoms with van der Waals surface area (Å²) >= 11 is 0. The molecule has 0 bridgehead atoms. The molecule has 2 rings (SSSR count). The van der Waals surface area contributed by atoms with Crippen LogP contribution in [0.5, 0.6) is 0 Å². The van der Waals surface area contributed by atoms with Crippen molar-refractivity contribution in [1.29, 1.82) is 0 Å². The zero-order valence-corrected chi connectivity index (χ0v) is 10.4. The van der Waals surface area contributed by atoms with E-state index in [0.29, 0.717) is 0 Å². The fourth-order valence-electron chi connectivity index (χ4n) is 2.86. The van der Waals surface area contributed by atoms with Gasteiger partial charge >= 0.3 is 0 Å². The summed E-state index contributed by atoms with van der Waals surface area (Å²) in [7, 11) is 0. The zero-order valence-electron chi connectivity index (χ0n) is 10.4. The molecule has 0 aliphatic heterocycles. The standard InChI is InChI=1S/C16H22O/c1-2-3-13-4-8-15(9-5-13)16-10-6-14(12-17)7-11-16/h2,6-7,10-11,13,15,17H,1,3-5,8-9,12H2. The van der Waals surface area contributed by atoms with Gasteiger partial charge in [0.25, 0.3) is 0 Å². The first-order chi connectivity index (χ1) is 8.33. The van der Waals surface area contributed by atoms with E-state index in [1.165, 1.54) is 37.7 Å². The van der Waals surface area contributed by atoms with Gasteiger partial charge in [-0.2, -0.15) is 0 Å². The van der Waals surface area contributed by atoms with E-state index >= 15 is 0 Å². The van der Waals surface area contributed by atoms with Crippen molar-refractivity contribution in [2.75, 3.05) is 0 Å². The first kappa shape index (κ1) is 12.4. The Kier molecular flexibility index (Phi) is 4.38. The number of hydrogen-bond donors (Lipinski definition) is 1. The smallest absolute Gasteiger partial charge is 0.0681 e. The summed E-state index contributed by atoms with van der Waals surface area (Å²) in [6, 6.07) is 8.46. The van der Waals surface area contributed by atoms with Crippen LogP contribution in [-0.2, 0) is 6.61 Å². The highest BCUT2D eigenvalue weighted by molar-refractivity contribution is 5.25. The highest BCUT2D eigenvalue weighted by Gasteiger charge is 2.21. The van der Waals surface area contributed by atoms with Crippen LogP contribution in [0.3, 0.4) is 0 Å². The lowest BCUT2D eigenvalue weighted by molar-refractivity contribution is 0.281. The molecule has 0 heterocycles. The van der Waals surface area contributed by atoms with Crippen molar-refractivity contribution in [3.8, 4) is 0 Å². The minimum Gasteiger partial charge on any atom is -0.392 e. The average molecular weight is 230 g/mol. The Labute approximate surface area is 104 Å². The van der Waals surface area contributed by atoms with Crippen LogP contribution in [0.15, 0.2) is 36.9 Å². The van der Waals surface area contributed by atoms with Gasteiger partial charge in [-0.3, -0.25) is 0 Å². The van der Waals surface area contributed by atoms with E-state index < -0.39 is 0 Å². The minimum atomic E-state index is 0.145. The minimum absolute atomic E-state index is 0.145. The number of benzene rings is 1. The largest absolute Gasteiger partial charge is 0.392 e. The predicted octanol–water partition coefficient (Wildman–Crippen LogP) is 4.03. The van der Waals surface area contributed by atoms with Crippen LogP contribution in [0.1, 0.15) is 49.1 Å². The van der Waals surface area contributed by atoms with Crippen LogP contribution in [-0.4, -0.2) is 5.11 Å². The molecule has 1 aromatic rings. The van der Waals surface area contributed by atoms with Gasteiger partial charge < -0.3 is 5.11 Å². The van der Waals surface area contributed by atoms with Gasteiger partial charge in [-0.1, -0.05) is 30.3 Å². The van der Waals surface area contributed by atoms with Gasteiger partial charge in [0.15, 0.2) is 0 Å². The molecule has 1 fully saturated rings. The fraction of sp³-hybridized carbons (Fsp3) is 0.500. The molecule has 1 aliphatic carbocycles. The van der Waals surface area contributed by atoms with Gasteiger partial charge in [0.05, 0.1) is 6.61 Å². The van der Waals surface area contributed by atoms with Gasteiger partial charge in [-0.15, -0.1) is 6.58 Å². The summed E-state index contributed by atoms with van der Waals surface area (Å²) in [5.74, 6) is 1.59. The van der Waals surface area contributed by atoms with Crippen LogP contribution in [0.4, 0.5) is 0 Å². The molecule has 92 valence electrons. The molecule has 0 atom stereocenters. The van der Waals surface area contributed by atoms with Crippen molar-refractivity contribution in [3.05, 3.63) is 48.0 Å². The SMILES string of the molecule is C=CCC1CCC(c2ccc(CO)cc2)CC1. The van der Waals surface area contributed by atoms with E-state index in [0.717, 1.165) is 17.4 Å². The molecule has 0 radical (unpaired) electrons. The van der Waals surface area contributed by atoms with Crippen LogP contribution in [0, 0.1) is 5.92 Å². The maximum Gasteiger partial charge on any atom is 0.0681 e. The molecule has 1 N–H and O–H groups in total. The molecule has 1 aromatic carbocycles. The summed E-state index contributed by atoms with van der Waals surface area (Å²) in [5, 5.41) is 9.02. The summed E-state index contributed by atoms with van der Waals surface area (Å²) in [5.41, 5.74) is 2.45.